The molecule has 2 N–H and O–H groups in total. The smallest absolute Gasteiger partial charge is 0.227 e. The lowest BCUT2D eigenvalue weighted by atomic mass is 9.88. The predicted molar refractivity (Wildman–Crippen MR) is 134 cm³/mol. The Labute approximate surface area is 205 Å². The van der Waals surface area contributed by atoms with Crippen LogP contribution in [0.1, 0.15) is 23.6 Å². The lowest BCUT2D eigenvalue weighted by molar-refractivity contribution is -0.137. The molecule has 35 heavy (non-hydrogen) atoms. The summed E-state index contributed by atoms with van der Waals surface area (Å²) in [6.07, 6.45) is 3.15. The molecule has 186 valence electrons. The molecule has 3 aliphatic rings. The standard InChI is InChI=1S/C27H33FN4O3/c1-29-9-11-35-19-6-4-17(5-7-19)23-13-25(20-12-22(28)26(34-3)14-24(20)30-23)32-15-18-8-10-31(2)27(33)21(18)16-32/h4-7,12-14,18,21,23,29-30H,8-11,15-16H2,1-3H3/t18-,21+,23?/m1/s1. The molecule has 0 bridgehead atoms. The molecular weight excluding hydrogens is 447 g/mol. The lowest BCUT2D eigenvalue weighted by Gasteiger charge is -2.32. The second kappa shape index (κ2) is 9.77. The van der Waals surface area contributed by atoms with Crippen LogP contribution in [0.25, 0.3) is 5.70 Å². The van der Waals surface area contributed by atoms with Gasteiger partial charge >= 0.3 is 0 Å². The average molecular weight is 481 g/mol. The van der Waals surface area contributed by atoms with Crippen LogP contribution in [0.2, 0.25) is 0 Å². The van der Waals surface area contributed by atoms with Crippen LogP contribution in [0.15, 0.2) is 42.5 Å². The third-order valence-corrected chi connectivity index (χ3v) is 7.37. The molecule has 0 aromatic heterocycles. The van der Waals surface area contributed by atoms with Gasteiger partial charge in [-0.05, 0) is 49.2 Å². The Bertz CT molecular complexity index is 1120. The Hall–Kier alpha value is -3.26. The number of halogens is 1. The minimum absolute atomic E-state index is 0.0106. The number of likely N-dealkylation sites (tertiary alicyclic amines) is 2. The van der Waals surface area contributed by atoms with Crippen LogP contribution in [0.5, 0.6) is 11.5 Å². The van der Waals surface area contributed by atoms with Crippen molar-refractivity contribution in [1.82, 2.24) is 15.1 Å². The summed E-state index contributed by atoms with van der Waals surface area (Å²) in [7, 11) is 5.25. The predicted octanol–water partition coefficient (Wildman–Crippen LogP) is 3.35. The average Bonchev–Trinajstić information content (AvgIpc) is 3.31. The van der Waals surface area contributed by atoms with E-state index in [0.29, 0.717) is 19.1 Å². The first-order chi connectivity index (χ1) is 17.0. The van der Waals surface area contributed by atoms with Gasteiger partial charge in [-0.3, -0.25) is 4.79 Å². The third-order valence-electron chi connectivity index (χ3n) is 7.37. The van der Waals surface area contributed by atoms with Crippen molar-refractivity contribution in [3.05, 3.63) is 59.4 Å². The molecule has 7 nitrogen and oxygen atoms in total. The first-order valence-corrected chi connectivity index (χ1v) is 12.2. The topological polar surface area (TPSA) is 66.1 Å². The van der Waals surface area contributed by atoms with E-state index in [9.17, 15) is 9.18 Å². The number of rotatable bonds is 7. The summed E-state index contributed by atoms with van der Waals surface area (Å²) in [5.41, 5.74) is 3.65. The largest absolute Gasteiger partial charge is 0.494 e. The molecule has 5 rings (SSSR count). The van der Waals surface area contributed by atoms with Crippen molar-refractivity contribution in [2.24, 2.45) is 11.8 Å². The Morgan fingerprint density at radius 1 is 1.20 bits per heavy atom. The monoisotopic (exact) mass is 480 g/mol. The number of nitrogens with one attached hydrogen (secondary N) is 2. The second-order valence-electron chi connectivity index (χ2n) is 9.55. The summed E-state index contributed by atoms with van der Waals surface area (Å²) in [6, 6.07) is 11.2. The van der Waals surface area contributed by atoms with E-state index in [2.05, 4.69) is 33.7 Å². The van der Waals surface area contributed by atoms with Gasteiger partial charge < -0.3 is 29.9 Å². The highest BCUT2D eigenvalue weighted by atomic mass is 19.1. The fraction of sp³-hybridized carbons (Fsp3) is 0.444. The normalized spacial score (nSPS) is 23.4. The number of likely N-dealkylation sites (N-methyl/N-ethyl adjacent to an activating group) is 1. The van der Waals surface area contributed by atoms with Gasteiger partial charge in [0.05, 0.1) is 19.1 Å². The fourth-order valence-electron chi connectivity index (χ4n) is 5.39. The van der Waals surface area contributed by atoms with Gasteiger partial charge in [0.2, 0.25) is 5.91 Å². The highest BCUT2D eigenvalue weighted by Gasteiger charge is 2.43. The highest BCUT2D eigenvalue weighted by molar-refractivity contribution is 5.83. The summed E-state index contributed by atoms with van der Waals surface area (Å²) < 4.78 is 25.8. The van der Waals surface area contributed by atoms with Gasteiger partial charge in [-0.15, -0.1) is 0 Å². The van der Waals surface area contributed by atoms with Crippen LogP contribution in [0, 0.1) is 17.7 Å². The molecule has 0 radical (unpaired) electrons. The van der Waals surface area contributed by atoms with Crippen molar-refractivity contribution in [2.75, 3.05) is 59.3 Å². The molecular formula is C27H33FN4O3. The van der Waals surface area contributed by atoms with E-state index in [0.717, 1.165) is 54.3 Å². The minimum atomic E-state index is -0.395. The van der Waals surface area contributed by atoms with Gasteiger partial charge in [0.25, 0.3) is 0 Å². The molecule has 3 aliphatic heterocycles. The zero-order chi connectivity index (χ0) is 24.5. The quantitative estimate of drug-likeness (QED) is 0.593. The molecule has 1 unspecified atom stereocenters. The Balaban J connectivity index is 1.46. The molecule has 3 atom stereocenters. The molecule has 8 heteroatoms. The second-order valence-corrected chi connectivity index (χ2v) is 9.55. The molecule has 3 heterocycles. The first-order valence-electron chi connectivity index (χ1n) is 12.2. The zero-order valence-corrected chi connectivity index (χ0v) is 20.5. The van der Waals surface area contributed by atoms with Crippen molar-refractivity contribution < 1.29 is 18.7 Å². The number of methoxy groups -OCH3 is 1. The maximum Gasteiger partial charge on any atom is 0.227 e. The van der Waals surface area contributed by atoms with Crippen LogP contribution in [0.3, 0.4) is 0 Å². The molecule has 0 aliphatic carbocycles. The van der Waals surface area contributed by atoms with E-state index < -0.39 is 5.82 Å². The summed E-state index contributed by atoms with van der Waals surface area (Å²) in [4.78, 5) is 16.9. The molecule has 0 spiro atoms. The van der Waals surface area contributed by atoms with E-state index in [4.69, 9.17) is 9.47 Å². The van der Waals surface area contributed by atoms with Crippen molar-refractivity contribution in [2.45, 2.75) is 12.5 Å². The van der Waals surface area contributed by atoms with Gasteiger partial charge in [0, 0.05) is 56.2 Å². The Morgan fingerprint density at radius 3 is 2.74 bits per heavy atom. The first kappa shape index (κ1) is 23.5. The third kappa shape index (κ3) is 4.55. The van der Waals surface area contributed by atoms with Crippen LogP contribution in [-0.2, 0) is 4.79 Å². The Morgan fingerprint density at radius 2 is 2.00 bits per heavy atom. The number of hydrogen-bond donors (Lipinski definition) is 2. The van der Waals surface area contributed by atoms with Gasteiger partial charge in [-0.25, -0.2) is 4.39 Å². The van der Waals surface area contributed by atoms with E-state index in [1.165, 1.54) is 13.2 Å². The van der Waals surface area contributed by atoms with Gasteiger partial charge in [0.15, 0.2) is 11.6 Å². The van der Waals surface area contributed by atoms with Gasteiger partial charge in [-0.1, -0.05) is 12.1 Å². The summed E-state index contributed by atoms with van der Waals surface area (Å²) in [5.74, 6) is 1.16. The molecule has 2 saturated heterocycles. The van der Waals surface area contributed by atoms with Crippen molar-refractivity contribution in [1.29, 1.82) is 0 Å². The van der Waals surface area contributed by atoms with Crippen molar-refractivity contribution >= 4 is 17.3 Å². The van der Waals surface area contributed by atoms with Crippen LogP contribution in [-0.4, -0.2) is 69.7 Å². The molecule has 2 aromatic carbocycles. The van der Waals surface area contributed by atoms with E-state index in [-0.39, 0.29) is 23.6 Å². The number of anilines is 1. The molecule has 0 saturated carbocycles. The lowest BCUT2D eigenvalue weighted by Crippen LogP contribution is -2.42. The number of hydrogen-bond acceptors (Lipinski definition) is 6. The number of nitrogens with zero attached hydrogens (tertiary/aromatic N) is 2. The van der Waals surface area contributed by atoms with Crippen LogP contribution < -0.4 is 20.1 Å². The van der Waals surface area contributed by atoms with Crippen LogP contribution >= 0.6 is 0 Å². The number of piperidine rings is 1. The maximum atomic E-state index is 14.8. The summed E-state index contributed by atoms with van der Waals surface area (Å²) in [5, 5.41) is 6.61. The number of fused-ring (bicyclic) bond motifs is 2. The summed E-state index contributed by atoms with van der Waals surface area (Å²) >= 11 is 0. The van der Waals surface area contributed by atoms with Crippen LogP contribution in [0.4, 0.5) is 10.1 Å². The van der Waals surface area contributed by atoms with Crippen molar-refractivity contribution in [3.8, 4) is 11.5 Å². The summed E-state index contributed by atoms with van der Waals surface area (Å²) in [6.45, 7) is 3.63. The van der Waals surface area contributed by atoms with Crippen molar-refractivity contribution in [3.63, 3.8) is 0 Å². The zero-order valence-electron chi connectivity index (χ0n) is 20.5. The number of benzene rings is 2. The number of carbonyl (C=O) groups excluding carboxylic acids is 1. The minimum Gasteiger partial charge on any atom is -0.494 e. The fourth-order valence-corrected chi connectivity index (χ4v) is 5.39. The van der Waals surface area contributed by atoms with Gasteiger partial charge in [0.1, 0.15) is 12.4 Å². The van der Waals surface area contributed by atoms with Gasteiger partial charge in [-0.2, -0.15) is 0 Å². The highest BCUT2D eigenvalue weighted by Crippen LogP contribution is 2.43. The van der Waals surface area contributed by atoms with E-state index >= 15 is 0 Å². The SMILES string of the molecule is CNCCOc1ccc(C2C=C(N3C[C@H]4CCN(C)C(=O)[C@H]4C3)c3cc(F)c(OC)cc3N2)cc1. The van der Waals surface area contributed by atoms with E-state index in [1.807, 2.05) is 31.1 Å². The Kier molecular flexibility index (Phi) is 6.56. The van der Waals surface area contributed by atoms with E-state index in [1.54, 1.807) is 6.07 Å². The number of amides is 1. The molecule has 2 aromatic rings. The number of ether oxygens (including phenoxy) is 2. The molecule has 1 amide bonds. The molecule has 2 fully saturated rings. The maximum absolute atomic E-state index is 14.8. The number of carbonyl (C=O) groups is 1.